The van der Waals surface area contributed by atoms with Gasteiger partial charge in [0.1, 0.15) is 11.4 Å². The van der Waals surface area contributed by atoms with E-state index in [1.54, 1.807) is 10.6 Å². The van der Waals surface area contributed by atoms with Crippen molar-refractivity contribution in [3.05, 3.63) is 32.2 Å². The van der Waals surface area contributed by atoms with Gasteiger partial charge in [0.2, 0.25) is 0 Å². The van der Waals surface area contributed by atoms with E-state index in [4.69, 9.17) is 0 Å². The van der Waals surface area contributed by atoms with Crippen LogP contribution in [-0.4, -0.2) is 10.5 Å². The van der Waals surface area contributed by atoms with E-state index in [0.717, 1.165) is 24.8 Å². The van der Waals surface area contributed by atoms with E-state index in [1.807, 2.05) is 6.92 Å². The molecule has 2 aliphatic carbocycles. The van der Waals surface area contributed by atoms with E-state index >= 15 is 0 Å². The number of fused-ring (bicyclic) bond motifs is 2. The topological polar surface area (TPSA) is 51.1 Å². The molecule has 0 bridgehead atoms. The van der Waals surface area contributed by atoms with Gasteiger partial charge in [0.25, 0.3) is 11.5 Å². The largest absolute Gasteiger partial charge is 0.327 e. The van der Waals surface area contributed by atoms with Gasteiger partial charge in [0.15, 0.2) is 0 Å². The number of nitrogens with one attached hydrogen (secondary N) is 1. The summed E-state index contributed by atoms with van der Waals surface area (Å²) >= 11 is 3.34. The summed E-state index contributed by atoms with van der Waals surface area (Å²) in [6, 6.07) is 1.75. The summed E-state index contributed by atoms with van der Waals surface area (Å²) in [7, 11) is 0. The molecule has 1 amide bonds. The highest BCUT2D eigenvalue weighted by molar-refractivity contribution is 9.10. The second kappa shape index (κ2) is 3.75. The van der Waals surface area contributed by atoms with Crippen molar-refractivity contribution in [2.75, 3.05) is 0 Å². The van der Waals surface area contributed by atoms with Gasteiger partial charge < -0.3 is 5.32 Å². The van der Waals surface area contributed by atoms with Crippen LogP contribution in [-0.2, 0) is 5.66 Å². The molecule has 5 heteroatoms. The van der Waals surface area contributed by atoms with Gasteiger partial charge in [-0.15, -0.1) is 0 Å². The van der Waals surface area contributed by atoms with Gasteiger partial charge >= 0.3 is 0 Å². The van der Waals surface area contributed by atoms with Crippen LogP contribution in [0.4, 0.5) is 0 Å². The van der Waals surface area contributed by atoms with E-state index in [0.29, 0.717) is 15.6 Å². The quantitative estimate of drug-likeness (QED) is 0.791. The molecule has 1 N–H and O–H groups in total. The molecule has 0 radical (unpaired) electrons. The van der Waals surface area contributed by atoms with Crippen molar-refractivity contribution in [3.63, 3.8) is 0 Å². The van der Waals surface area contributed by atoms with Crippen molar-refractivity contribution in [1.29, 1.82) is 0 Å². The smallest absolute Gasteiger partial charge is 0.270 e. The Morgan fingerprint density at radius 1 is 1.25 bits per heavy atom. The van der Waals surface area contributed by atoms with Crippen molar-refractivity contribution in [2.45, 2.75) is 51.1 Å². The summed E-state index contributed by atoms with van der Waals surface area (Å²) in [6.45, 7) is 1.89. The highest BCUT2D eigenvalue weighted by Crippen LogP contribution is 2.60. The molecule has 4 nitrogen and oxygen atoms in total. The van der Waals surface area contributed by atoms with Gasteiger partial charge in [-0.2, -0.15) is 0 Å². The van der Waals surface area contributed by atoms with Gasteiger partial charge in [0.05, 0.1) is 4.47 Å². The lowest BCUT2D eigenvalue weighted by atomic mass is 9.78. The van der Waals surface area contributed by atoms with Crippen LogP contribution in [0.5, 0.6) is 0 Å². The molecule has 106 valence electrons. The number of nitrogens with zero attached hydrogens (tertiary/aromatic N) is 1. The second-order valence-electron chi connectivity index (χ2n) is 6.68. The van der Waals surface area contributed by atoms with Crippen LogP contribution in [0.15, 0.2) is 15.3 Å². The second-order valence-corrected chi connectivity index (χ2v) is 7.53. The third-order valence-electron chi connectivity index (χ3n) is 5.26. The van der Waals surface area contributed by atoms with E-state index in [2.05, 4.69) is 21.2 Å². The van der Waals surface area contributed by atoms with Crippen LogP contribution in [0.25, 0.3) is 0 Å². The van der Waals surface area contributed by atoms with Crippen molar-refractivity contribution >= 4 is 21.8 Å². The molecule has 2 heterocycles. The number of rotatable bonds is 0. The van der Waals surface area contributed by atoms with Gasteiger partial charge in [-0.25, -0.2) is 0 Å². The lowest BCUT2D eigenvalue weighted by molar-refractivity contribution is 0.0789. The highest BCUT2D eigenvalue weighted by atomic mass is 79.9. The Bertz CT molecular complexity index is 690. The fourth-order valence-corrected chi connectivity index (χ4v) is 4.70. The van der Waals surface area contributed by atoms with Crippen molar-refractivity contribution < 1.29 is 4.79 Å². The van der Waals surface area contributed by atoms with Crippen molar-refractivity contribution in [2.24, 2.45) is 5.41 Å². The van der Waals surface area contributed by atoms with Gasteiger partial charge in [-0.1, -0.05) is 0 Å². The Hall–Kier alpha value is -1.10. The Labute approximate surface area is 125 Å². The Morgan fingerprint density at radius 3 is 2.70 bits per heavy atom. The van der Waals surface area contributed by atoms with Crippen molar-refractivity contribution in [1.82, 2.24) is 9.88 Å². The molecule has 3 aliphatic rings. The normalized spacial score (nSPS) is 29.6. The standard InChI is InChI=1S/C15H17BrN2O2/c1-9-7-10(16)13(20)18-11(9)12(19)17-15(18)4-2-3-14(8-15)5-6-14/h7H,2-6,8H2,1H3,(H,17,19). The average Bonchev–Trinajstić information content (AvgIpc) is 3.04. The molecular weight excluding hydrogens is 320 g/mol. The molecule has 1 unspecified atom stereocenters. The minimum absolute atomic E-state index is 0.0818. The number of hydrogen-bond donors (Lipinski definition) is 1. The van der Waals surface area contributed by atoms with Crippen LogP contribution >= 0.6 is 15.9 Å². The Morgan fingerprint density at radius 2 is 2.00 bits per heavy atom. The molecule has 2 fully saturated rings. The first-order valence-corrected chi connectivity index (χ1v) is 8.01. The molecule has 1 atom stereocenters. The predicted molar refractivity (Wildman–Crippen MR) is 78.7 cm³/mol. The predicted octanol–water partition coefficient (Wildman–Crippen LogP) is 2.67. The first-order valence-electron chi connectivity index (χ1n) is 7.22. The lowest BCUT2D eigenvalue weighted by Crippen LogP contribution is -2.51. The molecule has 2 spiro atoms. The maximum absolute atomic E-state index is 12.6. The summed E-state index contributed by atoms with van der Waals surface area (Å²) in [6.07, 6.45) is 6.57. The molecule has 1 aliphatic heterocycles. The SMILES string of the molecule is Cc1cc(Br)c(=O)n2c1C(=O)NC21CCCC2(CC2)C1. The summed E-state index contributed by atoms with van der Waals surface area (Å²) in [4.78, 5) is 25.0. The zero-order chi connectivity index (χ0) is 14.1. The number of hydrogen-bond acceptors (Lipinski definition) is 2. The summed E-state index contributed by atoms with van der Waals surface area (Å²) in [5.74, 6) is -0.0928. The summed E-state index contributed by atoms with van der Waals surface area (Å²) in [5, 5.41) is 3.14. The van der Waals surface area contributed by atoms with E-state index in [-0.39, 0.29) is 11.5 Å². The number of pyridine rings is 1. The van der Waals surface area contributed by atoms with Crippen LogP contribution in [0.2, 0.25) is 0 Å². The fraction of sp³-hybridized carbons (Fsp3) is 0.600. The number of aromatic nitrogens is 1. The van der Waals surface area contributed by atoms with Crippen LogP contribution in [0.3, 0.4) is 0 Å². The monoisotopic (exact) mass is 336 g/mol. The summed E-state index contributed by atoms with van der Waals surface area (Å²) < 4.78 is 2.29. The maximum Gasteiger partial charge on any atom is 0.270 e. The maximum atomic E-state index is 12.6. The van der Waals surface area contributed by atoms with Crippen molar-refractivity contribution in [3.8, 4) is 0 Å². The molecule has 2 saturated carbocycles. The van der Waals surface area contributed by atoms with Gasteiger partial charge in [-0.3, -0.25) is 14.2 Å². The molecule has 4 rings (SSSR count). The zero-order valence-corrected chi connectivity index (χ0v) is 13.0. The molecule has 0 saturated heterocycles. The van der Waals surface area contributed by atoms with E-state index < -0.39 is 5.66 Å². The summed E-state index contributed by atoms with van der Waals surface area (Å²) in [5.41, 5.74) is 1.23. The molecular formula is C15H17BrN2O2. The van der Waals surface area contributed by atoms with E-state index in [1.165, 1.54) is 19.3 Å². The Balaban J connectivity index is 1.95. The Kier molecular flexibility index (Phi) is 2.37. The molecule has 20 heavy (non-hydrogen) atoms. The van der Waals surface area contributed by atoms with Crippen LogP contribution < -0.4 is 10.9 Å². The van der Waals surface area contributed by atoms with Gasteiger partial charge in [-0.05, 0) is 78.4 Å². The number of amides is 1. The number of carbonyl (C=O) groups is 1. The number of carbonyl (C=O) groups excluding carboxylic acids is 1. The number of halogens is 1. The first kappa shape index (κ1) is 12.6. The van der Waals surface area contributed by atoms with Crippen LogP contribution in [0, 0.1) is 12.3 Å². The third-order valence-corrected chi connectivity index (χ3v) is 5.83. The molecule has 1 aromatic rings. The number of aryl methyl sites for hydroxylation is 1. The zero-order valence-electron chi connectivity index (χ0n) is 11.5. The molecule has 0 aromatic carbocycles. The highest BCUT2D eigenvalue weighted by Gasteiger charge is 2.56. The third kappa shape index (κ3) is 1.53. The van der Waals surface area contributed by atoms with Gasteiger partial charge in [0, 0.05) is 0 Å². The molecule has 1 aromatic heterocycles. The minimum atomic E-state index is -0.479. The lowest BCUT2D eigenvalue weighted by Gasteiger charge is -2.39. The van der Waals surface area contributed by atoms with Crippen LogP contribution in [0.1, 0.15) is 54.6 Å². The average molecular weight is 337 g/mol. The fourth-order valence-electron chi connectivity index (χ4n) is 4.17. The van der Waals surface area contributed by atoms with E-state index in [9.17, 15) is 9.59 Å². The first-order chi connectivity index (χ1) is 9.46. The minimum Gasteiger partial charge on any atom is -0.327 e.